The van der Waals surface area contributed by atoms with Crippen LogP contribution in [-0.4, -0.2) is 25.5 Å². The van der Waals surface area contributed by atoms with Crippen molar-refractivity contribution in [1.82, 2.24) is 4.72 Å². The molecule has 0 unspecified atom stereocenters. The Labute approximate surface area is 97.2 Å². The molecule has 16 heavy (non-hydrogen) atoms. The van der Waals surface area contributed by atoms with Crippen molar-refractivity contribution in [3.63, 3.8) is 0 Å². The molecule has 0 saturated heterocycles. The van der Waals surface area contributed by atoms with Gasteiger partial charge in [0.25, 0.3) is 0 Å². The Morgan fingerprint density at radius 1 is 1.44 bits per heavy atom. The molecular weight excluding hydrogens is 250 g/mol. The minimum Gasteiger partial charge on any atom is -0.477 e. The lowest BCUT2D eigenvalue weighted by Gasteiger charge is -2.25. The van der Waals surface area contributed by atoms with Crippen LogP contribution in [0.25, 0.3) is 0 Å². The molecule has 1 heterocycles. The first-order valence-electron chi connectivity index (χ1n) is 4.84. The lowest BCUT2D eigenvalue weighted by atomic mass is 9.94. The van der Waals surface area contributed by atoms with E-state index in [0.717, 1.165) is 30.6 Å². The molecule has 0 radical (unpaired) electrons. The molecule has 0 aromatic carbocycles. The van der Waals surface area contributed by atoms with Gasteiger partial charge in [0.05, 0.1) is 0 Å². The number of rotatable bonds is 4. The van der Waals surface area contributed by atoms with Gasteiger partial charge in [-0.1, -0.05) is 6.42 Å². The number of nitrogens with one attached hydrogen (secondary N) is 1. The predicted octanol–water partition coefficient (Wildman–Crippen LogP) is 1.28. The lowest BCUT2D eigenvalue weighted by molar-refractivity contribution is 0.0702. The smallest absolute Gasteiger partial charge is 0.345 e. The van der Waals surface area contributed by atoms with Gasteiger partial charge < -0.3 is 5.11 Å². The van der Waals surface area contributed by atoms with Gasteiger partial charge in [0, 0.05) is 6.04 Å². The largest absolute Gasteiger partial charge is 0.477 e. The van der Waals surface area contributed by atoms with Gasteiger partial charge in [-0.2, -0.15) is 0 Å². The van der Waals surface area contributed by atoms with Gasteiger partial charge in [-0.25, -0.2) is 17.9 Å². The number of hydrogen-bond donors (Lipinski definition) is 2. The van der Waals surface area contributed by atoms with Gasteiger partial charge in [0.1, 0.15) is 9.09 Å². The van der Waals surface area contributed by atoms with E-state index in [1.54, 1.807) is 0 Å². The van der Waals surface area contributed by atoms with Crippen LogP contribution in [-0.2, 0) is 10.0 Å². The molecule has 2 rings (SSSR count). The normalized spacial score (nSPS) is 17.0. The van der Waals surface area contributed by atoms with E-state index in [9.17, 15) is 13.2 Å². The van der Waals surface area contributed by atoms with Crippen LogP contribution < -0.4 is 4.72 Å². The van der Waals surface area contributed by atoms with Crippen molar-refractivity contribution >= 4 is 27.3 Å². The first-order chi connectivity index (χ1) is 7.49. The lowest BCUT2D eigenvalue weighted by Crippen LogP contribution is -2.39. The van der Waals surface area contributed by atoms with Crippen molar-refractivity contribution in [1.29, 1.82) is 0 Å². The fraction of sp³-hybridized carbons (Fsp3) is 0.444. The maximum atomic E-state index is 11.8. The highest BCUT2D eigenvalue weighted by atomic mass is 32.2. The minimum atomic E-state index is -3.53. The highest BCUT2D eigenvalue weighted by Gasteiger charge is 2.26. The number of sulfonamides is 1. The molecule has 1 aliphatic carbocycles. The van der Waals surface area contributed by atoms with E-state index in [1.807, 2.05) is 0 Å². The van der Waals surface area contributed by atoms with Crippen molar-refractivity contribution in [3.05, 3.63) is 17.0 Å². The van der Waals surface area contributed by atoms with Gasteiger partial charge in [-0.05, 0) is 25.0 Å². The van der Waals surface area contributed by atoms with Gasteiger partial charge >= 0.3 is 5.97 Å². The molecule has 0 atom stereocenters. The molecule has 1 aliphatic rings. The average molecular weight is 261 g/mol. The molecule has 5 nitrogen and oxygen atoms in total. The second-order valence-corrected chi connectivity index (χ2v) is 6.70. The summed E-state index contributed by atoms with van der Waals surface area (Å²) in [7, 11) is -3.53. The molecular formula is C9H11NO4S2. The number of thiophene rings is 1. The van der Waals surface area contributed by atoms with Gasteiger partial charge in [0.2, 0.25) is 10.0 Å². The highest BCUT2D eigenvalue weighted by Crippen LogP contribution is 2.25. The number of aromatic carboxylic acids is 1. The van der Waals surface area contributed by atoms with E-state index >= 15 is 0 Å². The van der Waals surface area contributed by atoms with E-state index in [-0.39, 0.29) is 15.1 Å². The Morgan fingerprint density at radius 3 is 2.56 bits per heavy atom. The molecule has 1 fully saturated rings. The van der Waals surface area contributed by atoms with Crippen LogP contribution in [0.5, 0.6) is 0 Å². The second-order valence-electron chi connectivity index (χ2n) is 3.67. The van der Waals surface area contributed by atoms with Crippen molar-refractivity contribution < 1.29 is 18.3 Å². The van der Waals surface area contributed by atoms with E-state index in [2.05, 4.69) is 4.72 Å². The molecule has 88 valence electrons. The van der Waals surface area contributed by atoms with Crippen molar-refractivity contribution in [2.75, 3.05) is 0 Å². The van der Waals surface area contributed by atoms with Gasteiger partial charge in [0.15, 0.2) is 0 Å². The van der Waals surface area contributed by atoms with E-state index in [1.165, 1.54) is 12.1 Å². The molecule has 0 spiro atoms. The third-order valence-electron chi connectivity index (χ3n) is 2.48. The van der Waals surface area contributed by atoms with Crippen molar-refractivity contribution in [3.8, 4) is 0 Å². The van der Waals surface area contributed by atoms with Crippen LogP contribution in [0.4, 0.5) is 0 Å². The van der Waals surface area contributed by atoms with Crippen LogP contribution in [0.3, 0.4) is 0 Å². The maximum Gasteiger partial charge on any atom is 0.345 e. The summed E-state index contributed by atoms with van der Waals surface area (Å²) in [5, 5.41) is 8.70. The summed E-state index contributed by atoms with van der Waals surface area (Å²) < 4.78 is 26.2. The Hall–Kier alpha value is -0.920. The Kier molecular flexibility index (Phi) is 3.00. The number of carboxylic acid groups (broad SMARTS) is 1. The van der Waals surface area contributed by atoms with Crippen LogP contribution in [0.2, 0.25) is 0 Å². The van der Waals surface area contributed by atoms with Crippen LogP contribution in [0.1, 0.15) is 28.9 Å². The number of carboxylic acids is 1. The molecule has 1 aromatic heterocycles. The summed E-state index contributed by atoms with van der Waals surface area (Å²) in [4.78, 5) is 10.7. The first kappa shape index (κ1) is 11.6. The Morgan fingerprint density at radius 2 is 2.12 bits per heavy atom. The first-order valence-corrected chi connectivity index (χ1v) is 7.14. The second kappa shape index (κ2) is 4.15. The average Bonchev–Trinajstić information content (AvgIpc) is 2.61. The van der Waals surface area contributed by atoms with E-state index < -0.39 is 16.0 Å². The summed E-state index contributed by atoms with van der Waals surface area (Å²) in [6.45, 7) is 0. The zero-order valence-corrected chi connectivity index (χ0v) is 9.97. The summed E-state index contributed by atoms with van der Waals surface area (Å²) in [5.74, 6) is -1.10. The SMILES string of the molecule is O=C(O)c1ccc(S(=O)(=O)NC2CCC2)s1. The van der Waals surface area contributed by atoms with E-state index in [0.29, 0.717) is 0 Å². The summed E-state index contributed by atoms with van der Waals surface area (Å²) >= 11 is 0.774. The summed E-state index contributed by atoms with van der Waals surface area (Å²) in [6.07, 6.45) is 2.75. The van der Waals surface area contributed by atoms with Crippen molar-refractivity contribution in [2.24, 2.45) is 0 Å². The molecule has 1 aromatic rings. The van der Waals surface area contributed by atoms with Crippen molar-refractivity contribution in [2.45, 2.75) is 29.5 Å². The maximum absolute atomic E-state index is 11.8. The Balaban J connectivity index is 2.17. The highest BCUT2D eigenvalue weighted by molar-refractivity contribution is 7.91. The molecule has 0 aliphatic heterocycles. The minimum absolute atomic E-state index is 0.0142. The molecule has 1 saturated carbocycles. The fourth-order valence-electron chi connectivity index (χ4n) is 1.38. The third-order valence-corrected chi connectivity index (χ3v) is 5.57. The number of hydrogen-bond acceptors (Lipinski definition) is 4. The monoisotopic (exact) mass is 261 g/mol. The van der Waals surface area contributed by atoms with Gasteiger partial charge in [-0.3, -0.25) is 0 Å². The van der Waals surface area contributed by atoms with Gasteiger partial charge in [-0.15, -0.1) is 11.3 Å². The number of carbonyl (C=O) groups is 1. The molecule has 0 amide bonds. The molecule has 7 heteroatoms. The van der Waals surface area contributed by atoms with Crippen LogP contribution >= 0.6 is 11.3 Å². The Bertz CT molecular complexity index is 501. The summed E-state index contributed by atoms with van der Waals surface area (Å²) in [6, 6.07) is 2.65. The fourth-order valence-corrected chi connectivity index (χ4v) is 3.85. The van der Waals surface area contributed by atoms with Crippen LogP contribution in [0, 0.1) is 0 Å². The molecule has 0 bridgehead atoms. The predicted molar refractivity (Wildman–Crippen MR) is 59.2 cm³/mol. The zero-order chi connectivity index (χ0) is 11.8. The third kappa shape index (κ3) is 2.26. The zero-order valence-electron chi connectivity index (χ0n) is 8.34. The van der Waals surface area contributed by atoms with Crippen LogP contribution in [0.15, 0.2) is 16.3 Å². The molecule has 2 N–H and O–H groups in total. The quantitative estimate of drug-likeness (QED) is 0.855. The van der Waals surface area contributed by atoms with E-state index in [4.69, 9.17) is 5.11 Å². The summed E-state index contributed by atoms with van der Waals surface area (Å²) in [5.41, 5.74) is 0. The standard InChI is InChI=1S/C9H11NO4S2/c11-9(12)7-4-5-8(15-7)16(13,14)10-6-2-1-3-6/h4-6,10H,1-3H2,(H,11,12). The topological polar surface area (TPSA) is 83.5 Å².